The normalized spacial score (nSPS) is 34.0. The van der Waals surface area contributed by atoms with E-state index in [-0.39, 0.29) is 6.61 Å². The lowest BCUT2D eigenvalue weighted by atomic mass is 9.56. The summed E-state index contributed by atoms with van der Waals surface area (Å²) in [6.45, 7) is 10.4. The minimum atomic E-state index is -0.806. The fourth-order valence-electron chi connectivity index (χ4n) is 4.28. The Labute approximate surface area is 135 Å². The molecule has 3 atom stereocenters. The van der Waals surface area contributed by atoms with E-state index in [1.807, 2.05) is 12.2 Å². The molecule has 2 saturated carbocycles. The van der Waals surface area contributed by atoms with Crippen molar-refractivity contribution in [2.24, 2.45) is 17.3 Å². The van der Waals surface area contributed by atoms with Crippen molar-refractivity contribution in [3.8, 4) is 0 Å². The second-order valence-electron chi connectivity index (χ2n) is 8.10. The van der Waals surface area contributed by atoms with Crippen molar-refractivity contribution in [3.63, 3.8) is 0 Å². The number of hydrogen-bond acceptors (Lipinski definition) is 2. The van der Waals surface area contributed by atoms with Crippen LogP contribution >= 0.6 is 0 Å². The van der Waals surface area contributed by atoms with Crippen molar-refractivity contribution in [3.05, 3.63) is 36.0 Å². The van der Waals surface area contributed by atoms with Crippen LogP contribution in [0.1, 0.15) is 59.3 Å². The summed E-state index contributed by atoms with van der Waals surface area (Å²) in [5.41, 5.74) is 2.14. The van der Waals surface area contributed by atoms with Crippen molar-refractivity contribution in [1.82, 2.24) is 0 Å². The Hall–Kier alpha value is -0.860. The smallest absolute Gasteiger partial charge is 0.0774 e. The van der Waals surface area contributed by atoms with E-state index < -0.39 is 5.60 Å². The number of allylic oxidation sites excluding steroid dienone is 3. The van der Waals surface area contributed by atoms with Crippen molar-refractivity contribution >= 4 is 0 Å². The van der Waals surface area contributed by atoms with Crippen molar-refractivity contribution in [2.75, 3.05) is 6.61 Å². The van der Waals surface area contributed by atoms with E-state index in [2.05, 4.69) is 13.5 Å². The maximum Gasteiger partial charge on any atom is 0.0774 e. The molecule has 22 heavy (non-hydrogen) atoms. The Morgan fingerprint density at radius 3 is 2.77 bits per heavy atom. The highest BCUT2D eigenvalue weighted by atomic mass is 16.3. The predicted octanol–water partition coefficient (Wildman–Crippen LogP) is 4.39. The van der Waals surface area contributed by atoms with Crippen LogP contribution in [0, 0.1) is 17.3 Å². The SMILES string of the molecule is C=C1CCCC2(C)CCC(C(=CC=CC(C)(C)O)CO)CC12. The van der Waals surface area contributed by atoms with Crippen LogP contribution in [0.3, 0.4) is 0 Å². The standard InChI is InChI=1S/C20H32O2/c1-15-7-5-11-20(4)12-9-16(13-18(15)20)17(14-21)8-6-10-19(2,3)22/h6,8,10,16,18,21-22H,1,5,7,9,11-14H2,2-4H3. The van der Waals surface area contributed by atoms with Gasteiger partial charge >= 0.3 is 0 Å². The summed E-state index contributed by atoms with van der Waals surface area (Å²) in [5, 5.41) is 19.5. The molecule has 0 spiro atoms. The first kappa shape index (κ1) is 17.5. The maximum atomic E-state index is 9.75. The van der Waals surface area contributed by atoms with Gasteiger partial charge in [0.2, 0.25) is 0 Å². The molecule has 2 aliphatic rings. The summed E-state index contributed by atoms with van der Waals surface area (Å²) in [4.78, 5) is 0. The first-order chi connectivity index (χ1) is 10.2. The quantitative estimate of drug-likeness (QED) is 0.597. The molecule has 3 unspecified atom stereocenters. The van der Waals surface area contributed by atoms with Crippen LogP contribution in [0.25, 0.3) is 0 Å². The highest BCUT2D eigenvalue weighted by Gasteiger charge is 2.43. The average molecular weight is 304 g/mol. The molecular weight excluding hydrogens is 272 g/mol. The zero-order chi connectivity index (χ0) is 16.4. The second kappa shape index (κ2) is 6.72. The van der Waals surface area contributed by atoms with Crippen LogP contribution in [-0.4, -0.2) is 22.4 Å². The molecule has 2 N–H and O–H groups in total. The van der Waals surface area contributed by atoms with Crippen LogP contribution in [0.4, 0.5) is 0 Å². The number of hydrogen-bond donors (Lipinski definition) is 2. The fraction of sp³-hybridized carbons (Fsp3) is 0.700. The van der Waals surface area contributed by atoms with Gasteiger partial charge in [-0.25, -0.2) is 0 Å². The Morgan fingerprint density at radius 1 is 1.41 bits per heavy atom. The van der Waals surface area contributed by atoms with E-state index in [0.717, 1.165) is 18.4 Å². The number of aliphatic hydroxyl groups is 2. The monoisotopic (exact) mass is 304 g/mol. The van der Waals surface area contributed by atoms with Crippen molar-refractivity contribution < 1.29 is 10.2 Å². The Balaban J connectivity index is 2.10. The molecule has 0 heterocycles. The van der Waals surface area contributed by atoms with Gasteiger partial charge in [-0.15, -0.1) is 0 Å². The summed E-state index contributed by atoms with van der Waals surface area (Å²) < 4.78 is 0. The van der Waals surface area contributed by atoms with Gasteiger partial charge in [0.15, 0.2) is 0 Å². The van der Waals surface area contributed by atoms with Crippen molar-refractivity contribution in [1.29, 1.82) is 0 Å². The minimum Gasteiger partial charge on any atom is -0.392 e. The third kappa shape index (κ3) is 4.11. The van der Waals surface area contributed by atoms with Crippen molar-refractivity contribution in [2.45, 2.75) is 64.9 Å². The third-order valence-corrected chi connectivity index (χ3v) is 5.69. The van der Waals surface area contributed by atoms with Gasteiger partial charge < -0.3 is 10.2 Å². The van der Waals surface area contributed by atoms with Crippen LogP contribution in [-0.2, 0) is 0 Å². The van der Waals surface area contributed by atoms with Gasteiger partial charge in [-0.2, -0.15) is 0 Å². The molecule has 0 aromatic carbocycles. The number of aliphatic hydroxyl groups excluding tert-OH is 1. The van der Waals surface area contributed by atoms with Gasteiger partial charge in [0.25, 0.3) is 0 Å². The molecule has 0 saturated heterocycles. The summed E-state index contributed by atoms with van der Waals surface area (Å²) in [6, 6.07) is 0. The van der Waals surface area contributed by atoms with Crippen LogP contribution in [0.5, 0.6) is 0 Å². The molecule has 2 aliphatic carbocycles. The zero-order valence-electron chi connectivity index (χ0n) is 14.4. The topological polar surface area (TPSA) is 40.5 Å². The van der Waals surface area contributed by atoms with Crippen LogP contribution in [0.15, 0.2) is 36.0 Å². The summed E-state index contributed by atoms with van der Waals surface area (Å²) in [6.07, 6.45) is 12.9. The second-order valence-corrected chi connectivity index (χ2v) is 8.10. The first-order valence-electron chi connectivity index (χ1n) is 8.64. The molecular formula is C20H32O2. The number of rotatable bonds is 4. The molecule has 2 rings (SSSR count). The molecule has 0 bridgehead atoms. The summed E-state index contributed by atoms with van der Waals surface area (Å²) >= 11 is 0. The molecule has 0 aromatic rings. The van der Waals surface area contributed by atoms with E-state index in [1.165, 1.54) is 31.3 Å². The van der Waals surface area contributed by atoms with E-state index in [1.54, 1.807) is 19.9 Å². The Morgan fingerprint density at radius 2 is 2.14 bits per heavy atom. The Bertz CT molecular complexity index is 467. The summed E-state index contributed by atoms with van der Waals surface area (Å²) in [7, 11) is 0. The minimum absolute atomic E-state index is 0.108. The average Bonchev–Trinajstić information content (AvgIpc) is 2.42. The number of fused-ring (bicyclic) bond motifs is 1. The molecule has 0 aliphatic heterocycles. The zero-order valence-corrected chi connectivity index (χ0v) is 14.4. The fourth-order valence-corrected chi connectivity index (χ4v) is 4.28. The highest BCUT2D eigenvalue weighted by Crippen LogP contribution is 2.54. The molecule has 0 aromatic heterocycles. The lowest BCUT2D eigenvalue weighted by molar-refractivity contribution is 0.0798. The maximum absolute atomic E-state index is 9.75. The van der Waals surface area contributed by atoms with Gasteiger partial charge in [-0.05, 0) is 75.2 Å². The Kier molecular flexibility index (Phi) is 5.34. The van der Waals surface area contributed by atoms with E-state index in [4.69, 9.17) is 0 Å². The lowest BCUT2D eigenvalue weighted by Crippen LogP contribution is -2.38. The molecule has 2 fully saturated rings. The predicted molar refractivity (Wildman–Crippen MR) is 92.5 cm³/mol. The molecule has 0 amide bonds. The lowest BCUT2D eigenvalue weighted by Gasteiger charge is -2.49. The third-order valence-electron chi connectivity index (χ3n) is 5.69. The first-order valence-corrected chi connectivity index (χ1v) is 8.64. The van der Waals surface area contributed by atoms with Gasteiger partial charge in [0.1, 0.15) is 0 Å². The molecule has 124 valence electrons. The largest absolute Gasteiger partial charge is 0.392 e. The molecule has 2 nitrogen and oxygen atoms in total. The van der Waals surface area contributed by atoms with E-state index >= 15 is 0 Å². The van der Waals surface area contributed by atoms with Gasteiger partial charge in [0, 0.05) is 0 Å². The van der Waals surface area contributed by atoms with E-state index in [0.29, 0.717) is 17.3 Å². The summed E-state index contributed by atoms with van der Waals surface area (Å²) in [5.74, 6) is 1.05. The molecule has 0 radical (unpaired) electrons. The van der Waals surface area contributed by atoms with Gasteiger partial charge in [-0.3, -0.25) is 0 Å². The van der Waals surface area contributed by atoms with Gasteiger partial charge in [-0.1, -0.05) is 37.3 Å². The van der Waals surface area contributed by atoms with Crippen LogP contribution in [0.2, 0.25) is 0 Å². The highest BCUT2D eigenvalue weighted by molar-refractivity contribution is 5.21. The van der Waals surface area contributed by atoms with E-state index in [9.17, 15) is 10.2 Å². The van der Waals surface area contributed by atoms with Crippen LogP contribution < -0.4 is 0 Å². The molecule has 2 heteroatoms. The van der Waals surface area contributed by atoms with Gasteiger partial charge in [0.05, 0.1) is 12.2 Å².